The van der Waals surface area contributed by atoms with Gasteiger partial charge >= 0.3 is 0 Å². The van der Waals surface area contributed by atoms with E-state index in [4.69, 9.17) is 4.74 Å². The van der Waals surface area contributed by atoms with Gasteiger partial charge in [-0.15, -0.1) is 0 Å². The highest BCUT2D eigenvalue weighted by Crippen LogP contribution is 2.19. The third-order valence-corrected chi connectivity index (χ3v) is 5.31. The van der Waals surface area contributed by atoms with Gasteiger partial charge in [-0.25, -0.2) is 0 Å². The van der Waals surface area contributed by atoms with Gasteiger partial charge in [-0.05, 0) is 50.4 Å². The number of ether oxygens (including phenoxy) is 1. The van der Waals surface area contributed by atoms with Crippen LogP contribution in [0.5, 0.6) is 0 Å². The van der Waals surface area contributed by atoms with Gasteiger partial charge in [-0.2, -0.15) is 0 Å². The number of anilines is 3. The van der Waals surface area contributed by atoms with Crippen LogP contribution in [-0.2, 0) is 14.3 Å². The molecule has 0 bridgehead atoms. The number of nitro groups is 1. The van der Waals surface area contributed by atoms with E-state index in [0.717, 1.165) is 18.8 Å². The molecular formula is C22H27N5O5. The number of amides is 2. The zero-order valence-electron chi connectivity index (χ0n) is 18.1. The number of carbonyl (C=O) groups excluding carboxylic acids is 2. The predicted molar refractivity (Wildman–Crippen MR) is 122 cm³/mol. The molecule has 1 atom stereocenters. The number of benzene rings is 2. The molecule has 10 heteroatoms. The Hall–Kier alpha value is -3.50. The molecule has 0 saturated carbocycles. The number of rotatable bonds is 8. The Morgan fingerprint density at radius 1 is 1.06 bits per heavy atom. The molecule has 10 nitrogen and oxygen atoms in total. The van der Waals surface area contributed by atoms with Gasteiger partial charge in [-0.3, -0.25) is 24.6 Å². The van der Waals surface area contributed by atoms with Gasteiger partial charge in [0.05, 0.1) is 30.7 Å². The standard InChI is InChI=1S/C22H27N5O5/c1-16(22(29)24-18-5-9-20(10-6-18)27(30)31)25(2)15-21(28)23-17-3-7-19(8-4-17)26-11-13-32-14-12-26/h3-10,16H,11-15H2,1-2H3,(H,23,28)(H,24,29). The summed E-state index contributed by atoms with van der Waals surface area (Å²) in [7, 11) is 1.68. The Kier molecular flexibility index (Phi) is 7.74. The molecule has 0 radical (unpaired) electrons. The summed E-state index contributed by atoms with van der Waals surface area (Å²) >= 11 is 0. The van der Waals surface area contributed by atoms with Crippen LogP contribution in [0.15, 0.2) is 48.5 Å². The summed E-state index contributed by atoms with van der Waals surface area (Å²) in [6.45, 7) is 4.82. The fourth-order valence-corrected chi connectivity index (χ4v) is 3.25. The lowest BCUT2D eigenvalue weighted by Crippen LogP contribution is -2.43. The van der Waals surface area contributed by atoms with Crippen molar-refractivity contribution < 1.29 is 19.2 Å². The molecule has 0 spiro atoms. The molecule has 2 N–H and O–H groups in total. The second-order valence-corrected chi connectivity index (χ2v) is 7.58. The number of hydrogen-bond donors (Lipinski definition) is 2. The zero-order valence-corrected chi connectivity index (χ0v) is 18.1. The van der Waals surface area contributed by atoms with E-state index < -0.39 is 11.0 Å². The molecule has 1 unspecified atom stereocenters. The number of non-ortho nitro benzene ring substituents is 1. The third kappa shape index (κ3) is 6.25. The van der Waals surface area contributed by atoms with E-state index in [1.165, 1.54) is 24.3 Å². The number of nitrogens with zero attached hydrogens (tertiary/aromatic N) is 3. The molecular weight excluding hydrogens is 414 g/mol. The topological polar surface area (TPSA) is 117 Å². The maximum atomic E-state index is 12.5. The minimum Gasteiger partial charge on any atom is -0.378 e. The molecule has 1 aliphatic heterocycles. The summed E-state index contributed by atoms with van der Waals surface area (Å²) in [5.41, 5.74) is 2.16. The number of likely N-dealkylation sites (N-methyl/N-ethyl adjacent to an activating group) is 1. The lowest BCUT2D eigenvalue weighted by atomic mass is 10.2. The fourth-order valence-electron chi connectivity index (χ4n) is 3.25. The van der Waals surface area contributed by atoms with Crippen LogP contribution in [0.3, 0.4) is 0 Å². The highest BCUT2D eigenvalue weighted by Gasteiger charge is 2.21. The molecule has 1 fully saturated rings. The Morgan fingerprint density at radius 3 is 2.22 bits per heavy atom. The van der Waals surface area contributed by atoms with Crippen molar-refractivity contribution in [2.75, 3.05) is 55.4 Å². The van der Waals surface area contributed by atoms with Crippen molar-refractivity contribution in [3.8, 4) is 0 Å². The summed E-state index contributed by atoms with van der Waals surface area (Å²) in [6, 6.07) is 12.6. The van der Waals surface area contributed by atoms with Gasteiger partial charge in [0.2, 0.25) is 11.8 Å². The Balaban J connectivity index is 1.48. The van der Waals surface area contributed by atoms with Crippen LogP contribution in [0.2, 0.25) is 0 Å². The predicted octanol–water partition coefficient (Wildman–Crippen LogP) is 2.33. The molecule has 2 aromatic carbocycles. The van der Waals surface area contributed by atoms with E-state index in [-0.39, 0.29) is 24.0 Å². The average Bonchev–Trinajstić information content (AvgIpc) is 2.79. The van der Waals surface area contributed by atoms with E-state index in [9.17, 15) is 19.7 Å². The van der Waals surface area contributed by atoms with Crippen molar-refractivity contribution in [2.45, 2.75) is 13.0 Å². The molecule has 2 amide bonds. The zero-order chi connectivity index (χ0) is 23.1. The van der Waals surface area contributed by atoms with Crippen molar-refractivity contribution in [3.63, 3.8) is 0 Å². The molecule has 170 valence electrons. The smallest absolute Gasteiger partial charge is 0.269 e. The molecule has 1 saturated heterocycles. The van der Waals surface area contributed by atoms with Gasteiger partial charge in [0.25, 0.3) is 5.69 Å². The van der Waals surface area contributed by atoms with Crippen molar-refractivity contribution in [2.24, 2.45) is 0 Å². The van der Waals surface area contributed by atoms with Gasteiger partial charge in [0, 0.05) is 42.3 Å². The molecule has 32 heavy (non-hydrogen) atoms. The maximum absolute atomic E-state index is 12.5. The van der Waals surface area contributed by atoms with Gasteiger partial charge in [0.1, 0.15) is 0 Å². The summed E-state index contributed by atoms with van der Waals surface area (Å²) in [5.74, 6) is -0.550. The highest BCUT2D eigenvalue weighted by atomic mass is 16.6. The Labute approximate surface area is 186 Å². The summed E-state index contributed by atoms with van der Waals surface area (Å²) in [6.07, 6.45) is 0. The first-order chi connectivity index (χ1) is 15.3. The van der Waals surface area contributed by atoms with E-state index in [1.807, 2.05) is 24.3 Å². The van der Waals surface area contributed by atoms with Gasteiger partial charge < -0.3 is 20.3 Å². The quantitative estimate of drug-likeness (QED) is 0.477. The Bertz CT molecular complexity index is 942. The first-order valence-corrected chi connectivity index (χ1v) is 10.3. The summed E-state index contributed by atoms with van der Waals surface area (Å²) in [5, 5.41) is 16.3. The minimum absolute atomic E-state index is 0.0278. The molecule has 1 heterocycles. The SMILES string of the molecule is CC(C(=O)Nc1ccc([N+](=O)[O-])cc1)N(C)CC(=O)Nc1ccc(N2CCOCC2)cc1. The number of hydrogen-bond acceptors (Lipinski definition) is 7. The molecule has 2 aromatic rings. The van der Waals surface area contributed by atoms with Crippen LogP contribution in [0.4, 0.5) is 22.7 Å². The minimum atomic E-state index is -0.584. The number of morpholine rings is 1. The van der Waals surface area contributed by atoms with Crippen molar-refractivity contribution in [1.29, 1.82) is 0 Å². The maximum Gasteiger partial charge on any atom is 0.269 e. The van der Waals surface area contributed by atoms with Gasteiger partial charge in [-0.1, -0.05) is 0 Å². The van der Waals surface area contributed by atoms with E-state index in [2.05, 4.69) is 15.5 Å². The fraction of sp³-hybridized carbons (Fsp3) is 0.364. The second-order valence-electron chi connectivity index (χ2n) is 7.58. The van der Waals surface area contributed by atoms with E-state index in [1.54, 1.807) is 18.9 Å². The normalized spacial score (nSPS) is 14.7. The Morgan fingerprint density at radius 2 is 1.62 bits per heavy atom. The summed E-state index contributed by atoms with van der Waals surface area (Å²) in [4.78, 5) is 39.0. The van der Waals surface area contributed by atoms with Crippen LogP contribution in [0.25, 0.3) is 0 Å². The highest BCUT2D eigenvalue weighted by molar-refractivity contribution is 5.96. The van der Waals surface area contributed by atoms with Crippen molar-refractivity contribution >= 4 is 34.6 Å². The van der Waals surface area contributed by atoms with Crippen LogP contribution < -0.4 is 15.5 Å². The van der Waals surface area contributed by atoms with Gasteiger partial charge in [0.15, 0.2) is 0 Å². The third-order valence-electron chi connectivity index (χ3n) is 5.31. The molecule has 1 aliphatic rings. The van der Waals surface area contributed by atoms with Crippen LogP contribution in [-0.4, -0.2) is 67.6 Å². The molecule has 0 aliphatic carbocycles. The lowest BCUT2D eigenvalue weighted by Gasteiger charge is -2.29. The van der Waals surface area contributed by atoms with E-state index in [0.29, 0.717) is 24.6 Å². The van der Waals surface area contributed by atoms with Crippen LogP contribution in [0, 0.1) is 10.1 Å². The first kappa shape index (κ1) is 23.2. The number of nitro benzene ring substituents is 1. The lowest BCUT2D eigenvalue weighted by molar-refractivity contribution is -0.384. The monoisotopic (exact) mass is 441 g/mol. The van der Waals surface area contributed by atoms with E-state index >= 15 is 0 Å². The average molecular weight is 441 g/mol. The number of carbonyl (C=O) groups is 2. The molecule has 3 rings (SSSR count). The first-order valence-electron chi connectivity index (χ1n) is 10.3. The van der Waals surface area contributed by atoms with Crippen LogP contribution >= 0.6 is 0 Å². The summed E-state index contributed by atoms with van der Waals surface area (Å²) < 4.78 is 5.36. The second kappa shape index (κ2) is 10.7. The van der Waals surface area contributed by atoms with Crippen LogP contribution in [0.1, 0.15) is 6.92 Å². The van der Waals surface area contributed by atoms with Crippen molar-refractivity contribution in [3.05, 3.63) is 58.6 Å². The number of nitrogens with one attached hydrogen (secondary N) is 2. The largest absolute Gasteiger partial charge is 0.378 e. The molecule has 0 aromatic heterocycles. The van der Waals surface area contributed by atoms with Crippen molar-refractivity contribution in [1.82, 2.24) is 4.90 Å².